The van der Waals surface area contributed by atoms with Crippen molar-refractivity contribution in [3.05, 3.63) is 0 Å². The van der Waals surface area contributed by atoms with Crippen molar-refractivity contribution in [1.82, 2.24) is 10.2 Å². The Morgan fingerprint density at radius 3 is 2.53 bits per heavy atom. The van der Waals surface area contributed by atoms with Gasteiger partial charge < -0.3 is 10.2 Å². The molecule has 2 aliphatic rings. The lowest BCUT2D eigenvalue weighted by atomic mass is 9.87. The van der Waals surface area contributed by atoms with E-state index >= 15 is 0 Å². The van der Waals surface area contributed by atoms with Crippen LogP contribution in [0.3, 0.4) is 0 Å². The molecule has 2 bridgehead atoms. The van der Waals surface area contributed by atoms with Crippen LogP contribution < -0.4 is 5.32 Å². The minimum absolute atomic E-state index is 0.390. The van der Waals surface area contributed by atoms with E-state index in [9.17, 15) is 0 Å². The maximum Gasteiger partial charge on any atom is 0.00419 e. The molecule has 0 radical (unpaired) electrons. The van der Waals surface area contributed by atoms with Crippen molar-refractivity contribution in [2.75, 3.05) is 33.7 Å². The predicted molar refractivity (Wildman–Crippen MR) is 74.1 cm³/mol. The normalized spacial score (nSPS) is 32.6. The van der Waals surface area contributed by atoms with Gasteiger partial charge in [-0.25, -0.2) is 0 Å². The SMILES string of the molecule is CNCC(C)(C)CN(C)CC1CC2CCC1C2. The van der Waals surface area contributed by atoms with E-state index < -0.39 is 0 Å². The van der Waals surface area contributed by atoms with Crippen LogP contribution in [0.15, 0.2) is 0 Å². The highest BCUT2D eigenvalue weighted by Crippen LogP contribution is 2.48. The van der Waals surface area contributed by atoms with Gasteiger partial charge in [-0.1, -0.05) is 20.3 Å². The van der Waals surface area contributed by atoms with Crippen LogP contribution >= 0.6 is 0 Å². The van der Waals surface area contributed by atoms with E-state index in [1.165, 1.54) is 32.4 Å². The number of rotatable bonds is 6. The maximum atomic E-state index is 3.31. The first-order valence-corrected chi connectivity index (χ1v) is 7.33. The van der Waals surface area contributed by atoms with E-state index in [0.29, 0.717) is 5.41 Å². The van der Waals surface area contributed by atoms with Crippen LogP contribution in [0.5, 0.6) is 0 Å². The highest BCUT2D eigenvalue weighted by atomic mass is 15.1. The zero-order valence-corrected chi connectivity index (χ0v) is 12.1. The summed E-state index contributed by atoms with van der Waals surface area (Å²) in [5, 5.41) is 3.31. The van der Waals surface area contributed by atoms with Crippen molar-refractivity contribution in [1.29, 1.82) is 0 Å². The second-order valence-electron chi connectivity index (χ2n) is 7.33. The van der Waals surface area contributed by atoms with E-state index in [-0.39, 0.29) is 0 Å². The molecule has 0 heterocycles. The molecule has 100 valence electrons. The summed E-state index contributed by atoms with van der Waals surface area (Å²) in [6, 6.07) is 0. The minimum atomic E-state index is 0.390. The Hall–Kier alpha value is -0.0800. The fourth-order valence-electron chi connectivity index (χ4n) is 4.33. The van der Waals surface area contributed by atoms with Crippen molar-refractivity contribution in [2.24, 2.45) is 23.2 Å². The Labute approximate surface area is 107 Å². The minimum Gasteiger partial charge on any atom is -0.319 e. The third kappa shape index (κ3) is 3.45. The third-order valence-electron chi connectivity index (χ3n) is 4.78. The average Bonchev–Trinajstić information content (AvgIpc) is 2.77. The lowest BCUT2D eigenvalue weighted by molar-refractivity contribution is 0.161. The van der Waals surface area contributed by atoms with Crippen LogP contribution in [0.1, 0.15) is 39.5 Å². The van der Waals surface area contributed by atoms with E-state index in [1.807, 2.05) is 0 Å². The molecule has 0 amide bonds. The molecule has 2 nitrogen and oxygen atoms in total. The Balaban J connectivity index is 1.75. The zero-order valence-electron chi connectivity index (χ0n) is 12.1. The van der Waals surface area contributed by atoms with Crippen molar-refractivity contribution in [3.63, 3.8) is 0 Å². The zero-order chi connectivity index (χ0) is 12.5. The van der Waals surface area contributed by atoms with Gasteiger partial charge in [-0.05, 0) is 56.5 Å². The summed E-state index contributed by atoms with van der Waals surface area (Å²) >= 11 is 0. The van der Waals surface area contributed by atoms with Gasteiger partial charge in [0.1, 0.15) is 0 Å². The Bertz CT molecular complexity index is 249. The van der Waals surface area contributed by atoms with Crippen LogP contribution in [0, 0.1) is 23.2 Å². The maximum absolute atomic E-state index is 3.31. The molecule has 0 spiro atoms. The van der Waals surface area contributed by atoms with Crippen molar-refractivity contribution in [2.45, 2.75) is 39.5 Å². The van der Waals surface area contributed by atoms with E-state index in [0.717, 1.165) is 24.3 Å². The molecule has 2 aliphatic carbocycles. The fraction of sp³-hybridized carbons (Fsp3) is 1.00. The third-order valence-corrected chi connectivity index (χ3v) is 4.78. The number of fused-ring (bicyclic) bond motifs is 2. The quantitative estimate of drug-likeness (QED) is 0.765. The molecular weight excluding hydrogens is 208 g/mol. The summed E-state index contributed by atoms with van der Waals surface area (Å²) in [5.74, 6) is 3.16. The summed E-state index contributed by atoms with van der Waals surface area (Å²) in [4.78, 5) is 2.57. The molecule has 2 rings (SSSR count). The number of hydrogen-bond donors (Lipinski definition) is 1. The van der Waals surface area contributed by atoms with Crippen LogP contribution in [0.25, 0.3) is 0 Å². The molecule has 2 fully saturated rings. The lowest BCUT2D eigenvalue weighted by Gasteiger charge is -2.33. The van der Waals surface area contributed by atoms with Crippen LogP contribution in [0.4, 0.5) is 0 Å². The van der Waals surface area contributed by atoms with Gasteiger partial charge in [0.05, 0.1) is 0 Å². The first-order valence-electron chi connectivity index (χ1n) is 7.33. The van der Waals surface area contributed by atoms with E-state index in [1.54, 1.807) is 6.42 Å². The van der Waals surface area contributed by atoms with Gasteiger partial charge >= 0.3 is 0 Å². The summed E-state index contributed by atoms with van der Waals surface area (Å²) in [7, 11) is 4.36. The molecule has 0 aliphatic heterocycles. The highest BCUT2D eigenvalue weighted by Gasteiger charge is 2.39. The predicted octanol–water partition coefficient (Wildman–Crippen LogP) is 2.60. The monoisotopic (exact) mass is 238 g/mol. The Morgan fingerprint density at radius 2 is 2.00 bits per heavy atom. The number of nitrogens with one attached hydrogen (secondary N) is 1. The van der Waals surface area contributed by atoms with Crippen LogP contribution in [0.2, 0.25) is 0 Å². The van der Waals surface area contributed by atoms with Gasteiger partial charge in [0, 0.05) is 19.6 Å². The fourth-order valence-corrected chi connectivity index (χ4v) is 4.33. The standard InChI is InChI=1S/C15H30N2/c1-15(2,10-16-3)11-17(4)9-14-8-12-5-6-13(14)7-12/h12-14,16H,5-11H2,1-4H3. The second-order valence-corrected chi connectivity index (χ2v) is 7.33. The molecule has 2 saturated carbocycles. The van der Waals surface area contributed by atoms with Gasteiger partial charge in [0.2, 0.25) is 0 Å². The summed E-state index contributed by atoms with van der Waals surface area (Å²) in [5.41, 5.74) is 0.390. The molecule has 1 N–H and O–H groups in total. The van der Waals surface area contributed by atoms with Crippen LogP contribution in [-0.4, -0.2) is 38.6 Å². The van der Waals surface area contributed by atoms with Crippen molar-refractivity contribution < 1.29 is 0 Å². The Kier molecular flexibility index (Phi) is 4.14. The molecule has 0 aromatic rings. The van der Waals surface area contributed by atoms with Gasteiger partial charge in [-0.3, -0.25) is 0 Å². The number of hydrogen-bond acceptors (Lipinski definition) is 2. The average molecular weight is 238 g/mol. The first kappa shape index (κ1) is 13.4. The van der Waals surface area contributed by atoms with Gasteiger partial charge in [0.25, 0.3) is 0 Å². The van der Waals surface area contributed by atoms with Crippen LogP contribution in [-0.2, 0) is 0 Å². The van der Waals surface area contributed by atoms with E-state index in [2.05, 4.69) is 38.2 Å². The molecular formula is C15H30N2. The number of nitrogens with zero attached hydrogens (tertiary/aromatic N) is 1. The summed E-state index contributed by atoms with van der Waals surface area (Å²) in [6.45, 7) is 8.37. The van der Waals surface area contributed by atoms with E-state index in [4.69, 9.17) is 0 Å². The van der Waals surface area contributed by atoms with Crippen molar-refractivity contribution >= 4 is 0 Å². The van der Waals surface area contributed by atoms with Crippen molar-refractivity contribution in [3.8, 4) is 0 Å². The smallest absolute Gasteiger partial charge is 0.00419 e. The van der Waals surface area contributed by atoms with Gasteiger partial charge in [-0.15, -0.1) is 0 Å². The summed E-state index contributed by atoms with van der Waals surface area (Å²) in [6.07, 6.45) is 6.10. The summed E-state index contributed by atoms with van der Waals surface area (Å²) < 4.78 is 0. The first-order chi connectivity index (χ1) is 8.00. The van der Waals surface area contributed by atoms with Gasteiger partial charge in [0.15, 0.2) is 0 Å². The molecule has 3 atom stereocenters. The second kappa shape index (κ2) is 5.27. The lowest BCUT2D eigenvalue weighted by Crippen LogP contribution is -2.40. The Morgan fingerprint density at radius 1 is 1.24 bits per heavy atom. The molecule has 0 aromatic heterocycles. The molecule has 0 saturated heterocycles. The largest absolute Gasteiger partial charge is 0.319 e. The molecule has 0 aromatic carbocycles. The van der Waals surface area contributed by atoms with Gasteiger partial charge in [-0.2, -0.15) is 0 Å². The molecule has 2 heteroatoms. The highest BCUT2D eigenvalue weighted by molar-refractivity contribution is 4.91. The molecule has 3 unspecified atom stereocenters. The topological polar surface area (TPSA) is 15.3 Å². The molecule has 17 heavy (non-hydrogen) atoms.